The zero-order valence-corrected chi connectivity index (χ0v) is 25.0. The summed E-state index contributed by atoms with van der Waals surface area (Å²) < 4.78 is 30.0. The van der Waals surface area contributed by atoms with E-state index in [-0.39, 0.29) is 24.2 Å². The number of benzene rings is 2. The number of methoxy groups -OCH3 is 2. The Balaban J connectivity index is 2.03. The molecule has 0 aromatic heterocycles. The molecule has 8 heteroatoms. The van der Waals surface area contributed by atoms with E-state index < -0.39 is 17.6 Å². The Morgan fingerprint density at radius 2 is 1.73 bits per heavy atom. The van der Waals surface area contributed by atoms with Gasteiger partial charge in [0.15, 0.2) is 11.5 Å². The highest BCUT2D eigenvalue weighted by Crippen LogP contribution is 2.33. The largest absolute Gasteiger partial charge is 0.493 e. The highest BCUT2D eigenvalue weighted by molar-refractivity contribution is 5.88. The number of amides is 1. The van der Waals surface area contributed by atoms with Crippen molar-refractivity contribution in [2.24, 2.45) is 17.6 Å². The van der Waals surface area contributed by atoms with Crippen LogP contribution in [0.3, 0.4) is 0 Å². The van der Waals surface area contributed by atoms with Crippen LogP contribution in [0.15, 0.2) is 42.5 Å². The fraction of sp³-hybridized carbons (Fsp3) is 0.594. The Morgan fingerprint density at radius 1 is 1.05 bits per heavy atom. The second-order valence-corrected chi connectivity index (χ2v) is 10.9. The minimum atomic E-state index is -0.902. The van der Waals surface area contributed by atoms with Gasteiger partial charge in [0.25, 0.3) is 0 Å². The highest BCUT2D eigenvalue weighted by Gasteiger charge is 2.37. The fourth-order valence-corrected chi connectivity index (χ4v) is 5.14. The molecule has 224 valence electrons. The maximum Gasteiger partial charge on any atom is 0.230 e. The monoisotopic (exact) mass is 560 g/mol. The van der Waals surface area contributed by atoms with E-state index in [1.54, 1.807) is 26.4 Å². The van der Waals surface area contributed by atoms with Gasteiger partial charge in [0.2, 0.25) is 5.91 Å². The van der Waals surface area contributed by atoms with Gasteiger partial charge < -0.3 is 30.4 Å². The Kier molecular flexibility index (Phi) is 13.9. The van der Waals surface area contributed by atoms with Crippen molar-refractivity contribution >= 4 is 5.91 Å². The summed E-state index contributed by atoms with van der Waals surface area (Å²) in [4.78, 5) is 13.3. The molecular weight excluding hydrogens is 511 g/mol. The average Bonchev–Trinajstić information content (AvgIpc) is 2.95. The van der Waals surface area contributed by atoms with Crippen LogP contribution in [0.2, 0.25) is 0 Å². The lowest BCUT2D eigenvalue weighted by Gasteiger charge is -2.32. The van der Waals surface area contributed by atoms with Crippen molar-refractivity contribution in [1.82, 2.24) is 5.32 Å². The van der Waals surface area contributed by atoms with Crippen LogP contribution in [0.25, 0.3) is 0 Å². The molecule has 1 amide bonds. The van der Waals surface area contributed by atoms with Gasteiger partial charge in [-0.05, 0) is 72.9 Å². The highest BCUT2D eigenvalue weighted by atomic mass is 19.1. The fourth-order valence-electron chi connectivity index (χ4n) is 5.14. The Bertz CT molecular complexity index is 1030. The molecule has 0 aliphatic carbocycles. The third-order valence-electron chi connectivity index (χ3n) is 8.00. The van der Waals surface area contributed by atoms with E-state index in [1.165, 1.54) is 12.1 Å². The Morgan fingerprint density at radius 3 is 2.30 bits per heavy atom. The van der Waals surface area contributed by atoms with Crippen molar-refractivity contribution in [3.8, 4) is 11.5 Å². The summed E-state index contributed by atoms with van der Waals surface area (Å²) >= 11 is 0. The van der Waals surface area contributed by atoms with Crippen LogP contribution in [0.4, 0.5) is 4.39 Å². The van der Waals surface area contributed by atoms with Gasteiger partial charge in [-0.2, -0.15) is 0 Å². The molecule has 0 saturated carbocycles. The predicted octanol–water partition coefficient (Wildman–Crippen LogP) is 5.02. The lowest BCUT2D eigenvalue weighted by atomic mass is 9.75. The maximum absolute atomic E-state index is 13.5. The number of nitrogens with two attached hydrogens (primary N) is 1. The summed E-state index contributed by atoms with van der Waals surface area (Å²) in [5.74, 6) is 1.38. The van der Waals surface area contributed by atoms with Gasteiger partial charge >= 0.3 is 0 Å². The van der Waals surface area contributed by atoms with Gasteiger partial charge in [-0.15, -0.1) is 0 Å². The molecule has 2 aromatic rings. The smallest absolute Gasteiger partial charge is 0.230 e. The Labute approximate surface area is 239 Å². The number of aliphatic hydroxyl groups is 1. The third kappa shape index (κ3) is 9.18. The van der Waals surface area contributed by atoms with E-state index >= 15 is 0 Å². The van der Waals surface area contributed by atoms with E-state index in [4.69, 9.17) is 19.9 Å². The van der Waals surface area contributed by atoms with E-state index in [0.717, 1.165) is 24.0 Å². The molecule has 7 nitrogen and oxygen atoms in total. The van der Waals surface area contributed by atoms with Crippen LogP contribution < -0.4 is 20.5 Å². The van der Waals surface area contributed by atoms with Gasteiger partial charge in [0.05, 0.1) is 25.2 Å². The molecule has 0 aliphatic rings. The second-order valence-electron chi connectivity index (χ2n) is 10.9. The number of nitrogens with one attached hydrogen (secondary N) is 1. The van der Waals surface area contributed by atoms with E-state index in [0.29, 0.717) is 49.9 Å². The summed E-state index contributed by atoms with van der Waals surface area (Å²) in [6.45, 7) is 9.39. The van der Waals surface area contributed by atoms with Crippen molar-refractivity contribution in [3.05, 3.63) is 59.4 Å². The second kappa shape index (κ2) is 16.6. The van der Waals surface area contributed by atoms with Crippen molar-refractivity contribution in [2.45, 2.75) is 77.4 Å². The molecule has 2 aromatic carbocycles. The van der Waals surface area contributed by atoms with Crippen molar-refractivity contribution in [1.29, 1.82) is 0 Å². The summed E-state index contributed by atoms with van der Waals surface area (Å²) in [6.07, 6.45) is 2.35. The molecule has 0 saturated heterocycles. The molecule has 0 fully saturated rings. The molecule has 40 heavy (non-hydrogen) atoms. The van der Waals surface area contributed by atoms with Crippen molar-refractivity contribution < 1.29 is 28.5 Å². The summed E-state index contributed by atoms with van der Waals surface area (Å²) in [5, 5.41) is 13.8. The van der Waals surface area contributed by atoms with Gasteiger partial charge in [-0.1, -0.05) is 45.9 Å². The Hall–Kier alpha value is -2.68. The molecule has 3 atom stereocenters. The molecule has 0 unspecified atom stereocenters. The number of carbonyl (C=O) groups is 1. The molecule has 0 radical (unpaired) electrons. The molecule has 0 aliphatic heterocycles. The number of carbonyl (C=O) groups excluding carboxylic acids is 1. The maximum atomic E-state index is 13.5. The van der Waals surface area contributed by atoms with Crippen LogP contribution in [0.1, 0.15) is 64.5 Å². The topological polar surface area (TPSA) is 103 Å². The van der Waals surface area contributed by atoms with Crippen LogP contribution >= 0.6 is 0 Å². The van der Waals surface area contributed by atoms with E-state index in [2.05, 4.69) is 19.2 Å². The molecule has 0 bridgehead atoms. The van der Waals surface area contributed by atoms with Gasteiger partial charge in [-0.25, -0.2) is 4.39 Å². The zero-order chi connectivity index (χ0) is 29.7. The van der Waals surface area contributed by atoms with Crippen LogP contribution in [-0.4, -0.2) is 57.1 Å². The predicted molar refractivity (Wildman–Crippen MR) is 157 cm³/mol. The van der Waals surface area contributed by atoms with E-state index in [9.17, 15) is 14.3 Å². The van der Waals surface area contributed by atoms with Crippen LogP contribution in [0, 0.1) is 17.7 Å². The third-order valence-corrected chi connectivity index (χ3v) is 8.00. The number of hydrogen-bond acceptors (Lipinski definition) is 6. The molecule has 0 spiro atoms. The summed E-state index contributed by atoms with van der Waals surface area (Å²) in [6, 6.07) is 11.5. The number of halogens is 1. The SMILES string of the molecule is CCC(CC)(C(=O)NC[C@H](O)[C@@H](N)C[C@H](Cc1ccc(OC)c(OCCCOC)c1)C(C)C)c1ccc(F)cc1. The lowest BCUT2D eigenvalue weighted by molar-refractivity contribution is -0.127. The zero-order valence-electron chi connectivity index (χ0n) is 25.0. The minimum Gasteiger partial charge on any atom is -0.493 e. The van der Waals surface area contributed by atoms with Crippen molar-refractivity contribution in [2.75, 3.05) is 34.0 Å². The first-order valence-corrected chi connectivity index (χ1v) is 14.4. The molecule has 2 rings (SSSR count). The van der Waals surface area contributed by atoms with Gasteiger partial charge in [0, 0.05) is 32.7 Å². The first kappa shape index (κ1) is 33.5. The minimum absolute atomic E-state index is 0.0513. The standard InChI is InChI=1S/C32H49FN2O5/c1-7-32(8-2,25-11-13-26(33)14-12-25)31(37)35-21-28(36)27(34)20-24(22(3)4)18-23-10-15-29(39-6)30(19-23)40-17-9-16-38-5/h10-15,19,22,24,27-28,36H,7-9,16-18,20-21,34H2,1-6H3,(H,35,37)/t24-,27-,28-/m0/s1. The van der Waals surface area contributed by atoms with Crippen molar-refractivity contribution in [3.63, 3.8) is 0 Å². The van der Waals surface area contributed by atoms with Gasteiger partial charge in [0.1, 0.15) is 5.82 Å². The first-order chi connectivity index (χ1) is 19.1. The molecule has 0 heterocycles. The average molecular weight is 561 g/mol. The normalized spacial score (nSPS) is 14.1. The number of hydrogen-bond donors (Lipinski definition) is 3. The molecule has 4 N–H and O–H groups in total. The lowest BCUT2D eigenvalue weighted by Crippen LogP contribution is -2.50. The number of rotatable bonds is 18. The summed E-state index contributed by atoms with van der Waals surface area (Å²) in [7, 11) is 3.29. The number of ether oxygens (including phenoxy) is 3. The molecular formula is C32H49FN2O5. The van der Waals surface area contributed by atoms with E-state index in [1.807, 2.05) is 32.0 Å². The van der Waals surface area contributed by atoms with Crippen LogP contribution in [-0.2, 0) is 21.4 Å². The number of aliphatic hydroxyl groups excluding tert-OH is 1. The van der Waals surface area contributed by atoms with Gasteiger partial charge in [-0.3, -0.25) is 4.79 Å². The van der Waals surface area contributed by atoms with Crippen LogP contribution in [0.5, 0.6) is 11.5 Å². The quantitative estimate of drug-likeness (QED) is 0.221. The summed E-state index contributed by atoms with van der Waals surface area (Å²) in [5.41, 5.74) is 7.54. The first-order valence-electron chi connectivity index (χ1n) is 14.4.